The number of aromatic nitrogens is 2. The van der Waals surface area contributed by atoms with E-state index in [2.05, 4.69) is 33.9 Å². The first-order chi connectivity index (χ1) is 9.95. The van der Waals surface area contributed by atoms with Gasteiger partial charge in [-0.3, -0.25) is 9.69 Å². The summed E-state index contributed by atoms with van der Waals surface area (Å²) in [7, 11) is 5.90. The topological polar surface area (TPSA) is 72.8 Å². The monoisotopic (exact) mass is 293 g/mol. The van der Waals surface area contributed by atoms with Crippen molar-refractivity contribution in [2.45, 2.75) is 19.0 Å². The summed E-state index contributed by atoms with van der Waals surface area (Å²) < 4.78 is 0. The molecule has 2 rings (SSSR count). The minimum atomic E-state index is -0.892. The average Bonchev–Trinajstić information content (AvgIpc) is 2.87. The smallest absolute Gasteiger partial charge is 0.323 e. The number of carbonyl (C=O) groups is 1. The summed E-state index contributed by atoms with van der Waals surface area (Å²) in [5.74, 6) is -0.453. The third kappa shape index (κ3) is 4.37. The molecule has 0 saturated carbocycles. The molecule has 1 atom stereocenters. The number of rotatable bonds is 6. The molecule has 1 saturated heterocycles. The van der Waals surface area contributed by atoms with Crippen LogP contribution in [0.1, 0.15) is 12.0 Å². The van der Waals surface area contributed by atoms with E-state index < -0.39 is 5.97 Å². The van der Waals surface area contributed by atoms with Crippen molar-refractivity contribution in [1.29, 1.82) is 0 Å². The van der Waals surface area contributed by atoms with Crippen LogP contribution < -0.4 is 4.90 Å². The highest BCUT2D eigenvalue weighted by Gasteiger charge is 2.23. The largest absolute Gasteiger partial charge is 0.480 e. The van der Waals surface area contributed by atoms with Gasteiger partial charge in [0.15, 0.2) is 0 Å². The van der Waals surface area contributed by atoms with Gasteiger partial charge in [0.05, 0.1) is 0 Å². The van der Waals surface area contributed by atoms with Gasteiger partial charge < -0.3 is 14.9 Å². The van der Waals surface area contributed by atoms with Crippen LogP contribution in [0.4, 0.5) is 5.95 Å². The molecular weight excluding hydrogens is 270 g/mol. The van der Waals surface area contributed by atoms with Crippen LogP contribution in [0.3, 0.4) is 0 Å². The Bertz CT molecular complexity index is 477. The second-order valence-electron chi connectivity index (χ2n) is 5.78. The molecule has 1 aliphatic heterocycles. The summed E-state index contributed by atoms with van der Waals surface area (Å²) in [6, 6.07) is 0.617. The van der Waals surface area contributed by atoms with Gasteiger partial charge in [-0.25, -0.2) is 9.97 Å². The zero-order chi connectivity index (χ0) is 15.4. The summed E-state index contributed by atoms with van der Waals surface area (Å²) in [6.45, 7) is 2.89. The number of carboxylic acids is 1. The van der Waals surface area contributed by atoms with E-state index in [0.29, 0.717) is 12.0 Å². The molecule has 0 unspecified atom stereocenters. The van der Waals surface area contributed by atoms with Gasteiger partial charge >= 0.3 is 5.97 Å². The third-order valence-corrected chi connectivity index (χ3v) is 3.79. The Kier molecular flexibility index (Phi) is 5.08. The fraction of sp³-hybridized carbons (Fsp3) is 0.643. The Morgan fingerprint density at radius 3 is 2.57 bits per heavy atom. The Labute approximate surface area is 125 Å². The SMILES string of the molecule is CN(CC(=O)O)c1ncc(CN2CC[C@H](N(C)C)C2)cn1. The highest BCUT2D eigenvalue weighted by Crippen LogP contribution is 2.16. The lowest BCUT2D eigenvalue weighted by Crippen LogP contribution is -2.31. The number of aliphatic carboxylic acids is 1. The molecular formula is C14H23N5O2. The van der Waals surface area contributed by atoms with Crippen LogP contribution in [-0.4, -0.2) is 77.7 Å². The van der Waals surface area contributed by atoms with Crippen LogP contribution in [0, 0.1) is 0 Å². The molecule has 0 aromatic carbocycles. The lowest BCUT2D eigenvalue weighted by Gasteiger charge is -2.20. The van der Waals surface area contributed by atoms with Crippen molar-refractivity contribution in [2.75, 3.05) is 45.7 Å². The molecule has 1 aromatic rings. The predicted molar refractivity (Wildman–Crippen MR) is 80.3 cm³/mol. The van der Waals surface area contributed by atoms with Gasteiger partial charge in [0, 0.05) is 50.7 Å². The maximum atomic E-state index is 10.7. The van der Waals surface area contributed by atoms with Crippen molar-refractivity contribution < 1.29 is 9.90 Å². The molecule has 0 amide bonds. The van der Waals surface area contributed by atoms with Crippen molar-refractivity contribution in [3.8, 4) is 0 Å². The van der Waals surface area contributed by atoms with Crippen molar-refractivity contribution >= 4 is 11.9 Å². The Morgan fingerprint density at radius 2 is 2.05 bits per heavy atom. The van der Waals surface area contributed by atoms with Gasteiger partial charge in [-0.05, 0) is 20.5 Å². The summed E-state index contributed by atoms with van der Waals surface area (Å²) in [6.07, 6.45) is 4.75. The van der Waals surface area contributed by atoms with Crippen molar-refractivity contribution in [3.63, 3.8) is 0 Å². The van der Waals surface area contributed by atoms with Gasteiger partial charge in [-0.2, -0.15) is 0 Å². The first kappa shape index (κ1) is 15.7. The van der Waals surface area contributed by atoms with Crippen LogP contribution in [0.25, 0.3) is 0 Å². The summed E-state index contributed by atoms with van der Waals surface area (Å²) >= 11 is 0. The zero-order valence-corrected chi connectivity index (χ0v) is 12.9. The minimum absolute atomic E-state index is 0.101. The standard InChI is InChI=1S/C14H23N5O2/c1-17(2)12-4-5-19(9-12)8-11-6-15-14(16-7-11)18(3)10-13(20)21/h6-7,12H,4-5,8-10H2,1-3H3,(H,20,21)/t12-/m0/s1. The molecule has 1 aliphatic rings. The number of anilines is 1. The molecule has 2 heterocycles. The van der Waals surface area contributed by atoms with Crippen molar-refractivity contribution in [2.24, 2.45) is 0 Å². The second-order valence-corrected chi connectivity index (χ2v) is 5.78. The number of hydrogen-bond donors (Lipinski definition) is 1. The lowest BCUT2D eigenvalue weighted by molar-refractivity contribution is -0.135. The predicted octanol–water partition coefficient (Wildman–Crippen LogP) is 0.133. The molecule has 0 aliphatic carbocycles. The minimum Gasteiger partial charge on any atom is -0.480 e. The maximum Gasteiger partial charge on any atom is 0.323 e. The van der Waals surface area contributed by atoms with Gasteiger partial charge in [0.25, 0.3) is 0 Å². The molecule has 1 aromatic heterocycles. The number of carboxylic acid groups (broad SMARTS) is 1. The van der Waals surface area contributed by atoms with Gasteiger partial charge in [-0.15, -0.1) is 0 Å². The van der Waals surface area contributed by atoms with Crippen LogP contribution in [0.2, 0.25) is 0 Å². The fourth-order valence-corrected chi connectivity index (χ4v) is 2.54. The fourth-order valence-electron chi connectivity index (χ4n) is 2.54. The molecule has 0 bridgehead atoms. The van der Waals surface area contributed by atoms with E-state index in [0.717, 1.165) is 25.2 Å². The Morgan fingerprint density at radius 1 is 1.38 bits per heavy atom. The average molecular weight is 293 g/mol. The molecule has 1 fully saturated rings. The van der Waals surface area contributed by atoms with Gasteiger partial charge in [-0.1, -0.05) is 0 Å². The Balaban J connectivity index is 1.89. The molecule has 7 nitrogen and oxygen atoms in total. The van der Waals surface area contributed by atoms with Crippen LogP contribution in [-0.2, 0) is 11.3 Å². The third-order valence-electron chi connectivity index (χ3n) is 3.79. The van der Waals surface area contributed by atoms with Crippen molar-refractivity contribution in [3.05, 3.63) is 18.0 Å². The highest BCUT2D eigenvalue weighted by atomic mass is 16.4. The van der Waals surface area contributed by atoms with E-state index in [1.165, 1.54) is 11.3 Å². The van der Waals surface area contributed by atoms with E-state index in [9.17, 15) is 4.79 Å². The van der Waals surface area contributed by atoms with Crippen molar-refractivity contribution in [1.82, 2.24) is 19.8 Å². The zero-order valence-electron chi connectivity index (χ0n) is 12.9. The van der Waals surface area contributed by atoms with Crippen LogP contribution >= 0.6 is 0 Å². The van der Waals surface area contributed by atoms with E-state index in [1.807, 2.05) is 0 Å². The Hall–Kier alpha value is -1.73. The summed E-state index contributed by atoms with van der Waals surface area (Å²) in [4.78, 5) is 25.3. The van der Waals surface area contributed by atoms with E-state index >= 15 is 0 Å². The molecule has 0 spiro atoms. The first-order valence-corrected chi connectivity index (χ1v) is 7.08. The van der Waals surface area contributed by atoms with E-state index in [1.54, 1.807) is 19.4 Å². The summed E-state index contributed by atoms with van der Waals surface area (Å²) in [5, 5.41) is 8.75. The normalized spacial score (nSPS) is 19.1. The molecule has 0 radical (unpaired) electrons. The number of hydrogen-bond acceptors (Lipinski definition) is 6. The van der Waals surface area contributed by atoms with E-state index in [-0.39, 0.29) is 6.54 Å². The molecule has 1 N–H and O–H groups in total. The number of likely N-dealkylation sites (N-methyl/N-ethyl adjacent to an activating group) is 2. The van der Waals surface area contributed by atoms with E-state index in [4.69, 9.17) is 5.11 Å². The van der Waals surface area contributed by atoms with Gasteiger partial charge in [0.2, 0.25) is 5.95 Å². The van der Waals surface area contributed by atoms with Crippen LogP contribution in [0.5, 0.6) is 0 Å². The molecule has 7 heteroatoms. The molecule has 116 valence electrons. The quantitative estimate of drug-likeness (QED) is 0.799. The lowest BCUT2D eigenvalue weighted by atomic mass is 10.2. The summed E-state index contributed by atoms with van der Waals surface area (Å²) in [5.41, 5.74) is 1.06. The maximum absolute atomic E-state index is 10.7. The highest BCUT2D eigenvalue weighted by molar-refractivity contribution is 5.72. The number of likely N-dealkylation sites (tertiary alicyclic amines) is 1. The first-order valence-electron chi connectivity index (χ1n) is 7.08. The molecule has 21 heavy (non-hydrogen) atoms. The number of nitrogens with zero attached hydrogens (tertiary/aromatic N) is 5. The van der Waals surface area contributed by atoms with Crippen LogP contribution in [0.15, 0.2) is 12.4 Å². The van der Waals surface area contributed by atoms with Gasteiger partial charge in [0.1, 0.15) is 6.54 Å². The second kappa shape index (κ2) is 6.82.